The van der Waals surface area contributed by atoms with Crippen molar-refractivity contribution < 1.29 is 59.9 Å². The minimum absolute atomic E-state index is 0.0411. The molecule has 6 aliphatic rings. The molecule has 0 spiro atoms. The summed E-state index contributed by atoms with van der Waals surface area (Å²) in [6.45, 7) is 11.4. The fraction of sp³-hybridized carbons (Fsp3) is 0.889. The van der Waals surface area contributed by atoms with Crippen molar-refractivity contribution in [3.05, 3.63) is 11.6 Å². The minimum atomic E-state index is -1.74. The molecule has 0 amide bonds. The number of aliphatic hydroxyl groups excluding tert-OH is 7. The van der Waals surface area contributed by atoms with Gasteiger partial charge in [-0.1, -0.05) is 46.3 Å². The number of hydrogen-bond acceptors (Lipinski definition) is 11. The normalized spacial score (nSPS) is 54.4. The molecule has 0 unspecified atom stereocenters. The maximum Gasteiger partial charge on any atom is 0.315 e. The summed E-state index contributed by atoms with van der Waals surface area (Å²) < 4.78 is 11.4. The number of allylic oxidation sites excluding steroid dienone is 1. The van der Waals surface area contributed by atoms with Crippen LogP contribution in [0.25, 0.3) is 0 Å². The monoisotopic (exact) mass is 680 g/mol. The fourth-order valence-electron chi connectivity index (χ4n) is 12.1. The van der Waals surface area contributed by atoms with E-state index in [4.69, 9.17) is 9.47 Å². The van der Waals surface area contributed by atoms with Crippen molar-refractivity contribution in [3.8, 4) is 0 Å². The number of carboxylic acid groups (broad SMARTS) is 1. The lowest BCUT2D eigenvalue weighted by atomic mass is 9.33. The molecule has 6 rings (SSSR count). The van der Waals surface area contributed by atoms with E-state index < -0.39 is 106 Å². The molecule has 0 radical (unpaired) electrons. The van der Waals surface area contributed by atoms with Crippen LogP contribution in [0, 0.1) is 50.2 Å². The van der Waals surface area contributed by atoms with Crippen molar-refractivity contribution in [1.82, 2.24) is 0 Å². The zero-order valence-corrected chi connectivity index (χ0v) is 29.0. The summed E-state index contributed by atoms with van der Waals surface area (Å²) in [5.74, 6) is -2.82. The third-order valence-electron chi connectivity index (χ3n) is 15.4. The molecule has 0 aromatic heterocycles. The van der Waals surface area contributed by atoms with Gasteiger partial charge in [-0.15, -0.1) is 0 Å². The van der Waals surface area contributed by atoms with Crippen LogP contribution in [-0.2, 0) is 19.1 Å². The Bertz CT molecular complexity index is 1350. The predicted molar refractivity (Wildman–Crippen MR) is 170 cm³/mol. The Kier molecular flexibility index (Phi) is 8.61. The van der Waals surface area contributed by atoms with Gasteiger partial charge in [0.25, 0.3) is 0 Å². The van der Waals surface area contributed by atoms with E-state index in [9.17, 15) is 50.4 Å². The van der Waals surface area contributed by atoms with Gasteiger partial charge in [0.15, 0.2) is 0 Å². The van der Waals surface area contributed by atoms with Gasteiger partial charge in [0.2, 0.25) is 6.29 Å². The number of aliphatic carboxylic acids is 1. The zero-order valence-electron chi connectivity index (χ0n) is 29.0. The summed E-state index contributed by atoms with van der Waals surface area (Å²) in [6, 6.07) is 0. The van der Waals surface area contributed by atoms with E-state index in [1.54, 1.807) is 6.92 Å². The van der Waals surface area contributed by atoms with Gasteiger partial charge in [-0.25, -0.2) is 0 Å². The Hall–Kier alpha value is -1.64. The van der Waals surface area contributed by atoms with Crippen LogP contribution in [-0.4, -0.2) is 108 Å². The number of aliphatic hydroxyl groups is 7. The fourth-order valence-corrected chi connectivity index (χ4v) is 12.1. The number of fused-ring (bicyclic) bond motifs is 7. The van der Waals surface area contributed by atoms with Crippen molar-refractivity contribution in [2.24, 2.45) is 50.2 Å². The lowest BCUT2D eigenvalue weighted by Gasteiger charge is -2.71. The lowest BCUT2D eigenvalue weighted by molar-refractivity contribution is -0.298. The molecule has 5 fully saturated rings. The van der Waals surface area contributed by atoms with Gasteiger partial charge in [0, 0.05) is 5.92 Å². The quantitative estimate of drug-likeness (QED) is 0.157. The molecule has 1 saturated heterocycles. The highest BCUT2D eigenvalue weighted by Crippen LogP contribution is 2.76. The molecule has 1 heterocycles. The second-order valence-corrected chi connectivity index (χ2v) is 17.8. The Morgan fingerprint density at radius 2 is 1.50 bits per heavy atom. The highest BCUT2D eigenvalue weighted by molar-refractivity contribution is 5.79. The molecule has 0 aromatic carbocycles. The number of carbonyl (C=O) groups is 2. The van der Waals surface area contributed by atoms with Crippen LogP contribution >= 0.6 is 0 Å². The largest absolute Gasteiger partial charge is 0.481 e. The van der Waals surface area contributed by atoms with Crippen LogP contribution in [0.3, 0.4) is 0 Å². The standard InChI is InChI=1S/C36H56O12/c1-31(2)11-13-36(30(46)48-28-25(41)24(40)23(39)19(16-37)47-28)14-12-33(4)17(22(36)27(31)43)7-8-20-32(3)15-18(38)26(42)35(6,29(44)45)21(32)9-10-34(20,33)5/h7,18-28,37-43H,8-16H2,1-6H3,(H,44,45)/t18-,19-,20+,21-,22+,23-,24+,25-,26+,27+,28+,32-,33-,34-,35-,36+/m1/s1. The third kappa shape index (κ3) is 4.55. The van der Waals surface area contributed by atoms with Gasteiger partial charge < -0.3 is 50.3 Å². The number of carbonyl (C=O) groups excluding carboxylic acids is 1. The van der Waals surface area contributed by atoms with Crippen molar-refractivity contribution in [1.29, 1.82) is 0 Å². The molecule has 1 aliphatic heterocycles. The molecule has 48 heavy (non-hydrogen) atoms. The van der Waals surface area contributed by atoms with Crippen LogP contribution in [0.2, 0.25) is 0 Å². The average molecular weight is 681 g/mol. The molecule has 272 valence electrons. The molecule has 5 aliphatic carbocycles. The molecule has 0 bridgehead atoms. The highest BCUT2D eigenvalue weighted by atomic mass is 16.7. The Morgan fingerprint density at radius 1 is 0.854 bits per heavy atom. The van der Waals surface area contributed by atoms with Gasteiger partial charge in [-0.3, -0.25) is 9.59 Å². The van der Waals surface area contributed by atoms with Crippen LogP contribution in [0.4, 0.5) is 0 Å². The molecule has 12 nitrogen and oxygen atoms in total. The van der Waals surface area contributed by atoms with Crippen LogP contribution in [0.1, 0.15) is 92.9 Å². The van der Waals surface area contributed by atoms with E-state index >= 15 is 0 Å². The summed E-state index contributed by atoms with van der Waals surface area (Å²) in [7, 11) is 0. The van der Waals surface area contributed by atoms with Crippen LogP contribution in [0.5, 0.6) is 0 Å². The number of carboxylic acids is 1. The number of hydrogen-bond donors (Lipinski definition) is 8. The maximum atomic E-state index is 14.4. The van der Waals surface area contributed by atoms with E-state index in [2.05, 4.69) is 26.8 Å². The average Bonchev–Trinajstić information content (AvgIpc) is 3.02. The number of rotatable bonds is 4. The third-order valence-corrected chi connectivity index (χ3v) is 15.4. The summed E-state index contributed by atoms with van der Waals surface area (Å²) in [6.07, 6.45) is -5.35. The summed E-state index contributed by atoms with van der Waals surface area (Å²) >= 11 is 0. The van der Waals surface area contributed by atoms with E-state index in [0.29, 0.717) is 44.9 Å². The van der Waals surface area contributed by atoms with Crippen molar-refractivity contribution in [2.45, 2.75) is 142 Å². The van der Waals surface area contributed by atoms with Gasteiger partial charge in [0.05, 0.1) is 35.7 Å². The smallest absolute Gasteiger partial charge is 0.315 e. The predicted octanol–water partition coefficient (Wildman–Crippen LogP) is 1.50. The highest BCUT2D eigenvalue weighted by Gasteiger charge is 2.73. The zero-order chi connectivity index (χ0) is 35.6. The number of ether oxygens (including phenoxy) is 2. The van der Waals surface area contributed by atoms with E-state index in [-0.39, 0.29) is 18.3 Å². The molecule has 12 heteroatoms. The summed E-state index contributed by atoms with van der Waals surface area (Å²) in [5, 5.41) is 85.7. The van der Waals surface area contributed by atoms with Crippen LogP contribution < -0.4 is 0 Å². The SMILES string of the molecule is CC1(C)CC[C@]2(C(=O)O[C@@H]3O[C@H](CO)[C@@H](O)[C@H](O)[C@H]3O)CC[C@]3(C)C(=CC[C@H]4[C@@]5(C)C[C@@H](O)[C@H](O)[C@](C)(C(=O)O)[C@@H]5CC[C@]43C)[C@H]2[C@@H]1O. The molecule has 0 aromatic rings. The Morgan fingerprint density at radius 3 is 2.12 bits per heavy atom. The Balaban J connectivity index is 1.40. The van der Waals surface area contributed by atoms with Gasteiger partial charge in [-0.2, -0.15) is 0 Å². The van der Waals surface area contributed by atoms with Gasteiger partial charge in [-0.05, 0) is 91.8 Å². The van der Waals surface area contributed by atoms with Crippen LogP contribution in [0.15, 0.2) is 11.6 Å². The first kappa shape index (κ1) is 36.2. The first-order chi connectivity index (χ1) is 22.2. The van der Waals surface area contributed by atoms with Gasteiger partial charge in [0.1, 0.15) is 24.4 Å². The van der Waals surface area contributed by atoms with Crippen molar-refractivity contribution >= 4 is 11.9 Å². The summed E-state index contributed by atoms with van der Waals surface area (Å²) in [4.78, 5) is 27.2. The lowest BCUT2D eigenvalue weighted by Crippen LogP contribution is -2.69. The molecular weight excluding hydrogens is 624 g/mol. The molecular formula is C36H56O12. The second-order valence-electron chi connectivity index (χ2n) is 17.8. The maximum absolute atomic E-state index is 14.4. The molecule has 8 N–H and O–H groups in total. The first-order valence-electron chi connectivity index (χ1n) is 17.7. The number of esters is 1. The van der Waals surface area contributed by atoms with Crippen molar-refractivity contribution in [2.75, 3.05) is 6.61 Å². The Labute approximate surface area is 282 Å². The van der Waals surface area contributed by atoms with E-state index in [1.807, 2.05) is 13.8 Å². The van der Waals surface area contributed by atoms with Crippen molar-refractivity contribution in [3.63, 3.8) is 0 Å². The summed E-state index contributed by atoms with van der Waals surface area (Å²) in [5.41, 5.74) is -3.75. The molecule has 16 atom stereocenters. The minimum Gasteiger partial charge on any atom is -0.481 e. The molecule has 4 saturated carbocycles. The van der Waals surface area contributed by atoms with Gasteiger partial charge >= 0.3 is 11.9 Å². The van der Waals surface area contributed by atoms with E-state index in [0.717, 1.165) is 5.57 Å². The second kappa shape index (κ2) is 11.4. The topological polar surface area (TPSA) is 214 Å². The van der Waals surface area contributed by atoms with E-state index in [1.165, 1.54) is 0 Å². The first-order valence-corrected chi connectivity index (χ1v) is 17.7.